The third kappa shape index (κ3) is 3.36. The lowest BCUT2D eigenvalue weighted by Gasteiger charge is -2.28. The summed E-state index contributed by atoms with van der Waals surface area (Å²) in [5.41, 5.74) is 11.7. The number of hydrogen-bond donors (Lipinski definition) is 0. The lowest BCUT2D eigenvalue weighted by Crippen LogP contribution is -2.22. The third-order valence-corrected chi connectivity index (χ3v) is 9.19. The molecule has 1 aliphatic carbocycles. The molecule has 0 saturated carbocycles. The molecule has 0 bridgehead atoms. The first-order valence-electron chi connectivity index (χ1n) is 14.7. The summed E-state index contributed by atoms with van der Waals surface area (Å²) in [5.74, 6) is 0.725. The van der Waals surface area contributed by atoms with Crippen LogP contribution >= 0.6 is 0 Å². The largest absolute Gasteiger partial charge is 0.456 e. The van der Waals surface area contributed by atoms with Crippen LogP contribution in [0.5, 0.6) is 0 Å². The van der Waals surface area contributed by atoms with Gasteiger partial charge in [0, 0.05) is 32.7 Å². The van der Waals surface area contributed by atoms with E-state index in [0.717, 1.165) is 55.5 Å². The van der Waals surface area contributed by atoms with Crippen LogP contribution in [0.3, 0.4) is 0 Å². The van der Waals surface area contributed by atoms with Gasteiger partial charge in [-0.1, -0.05) is 121 Å². The zero-order valence-corrected chi connectivity index (χ0v) is 23.6. The molecule has 8 aromatic rings. The van der Waals surface area contributed by atoms with Crippen molar-refractivity contribution in [3.05, 3.63) is 156 Å². The van der Waals surface area contributed by atoms with Crippen molar-refractivity contribution in [3.63, 3.8) is 0 Å². The van der Waals surface area contributed by atoms with Gasteiger partial charge in [-0.2, -0.15) is 0 Å². The zero-order chi connectivity index (χ0) is 28.5. The van der Waals surface area contributed by atoms with Crippen molar-refractivity contribution in [2.45, 2.75) is 12.3 Å². The maximum absolute atomic E-state index is 6.26. The van der Waals surface area contributed by atoms with Gasteiger partial charge in [0.15, 0.2) is 5.82 Å². The molecule has 0 saturated heterocycles. The van der Waals surface area contributed by atoms with Crippen molar-refractivity contribution < 1.29 is 4.42 Å². The van der Waals surface area contributed by atoms with E-state index in [-0.39, 0.29) is 5.41 Å². The number of nitrogens with zero attached hydrogens (tertiary/aromatic N) is 2. The van der Waals surface area contributed by atoms with Crippen LogP contribution in [-0.2, 0) is 5.41 Å². The Bertz CT molecular complexity index is 2370. The van der Waals surface area contributed by atoms with Gasteiger partial charge in [-0.05, 0) is 52.9 Å². The minimum Gasteiger partial charge on any atom is -0.456 e. The molecule has 1 atom stereocenters. The molecule has 9 rings (SSSR count). The highest BCUT2D eigenvalue weighted by Crippen LogP contribution is 2.54. The van der Waals surface area contributed by atoms with E-state index < -0.39 is 0 Å². The van der Waals surface area contributed by atoms with Crippen LogP contribution in [0.15, 0.2) is 144 Å². The molecule has 0 radical (unpaired) electrons. The van der Waals surface area contributed by atoms with Gasteiger partial charge >= 0.3 is 0 Å². The Hall–Kier alpha value is -5.54. The van der Waals surface area contributed by atoms with Gasteiger partial charge < -0.3 is 4.42 Å². The zero-order valence-electron chi connectivity index (χ0n) is 23.6. The molecule has 0 fully saturated rings. The Labute approximate surface area is 249 Å². The van der Waals surface area contributed by atoms with Crippen molar-refractivity contribution in [1.29, 1.82) is 0 Å². The average Bonchev–Trinajstić information content (AvgIpc) is 3.58. The molecule has 0 amide bonds. The molecule has 0 N–H and O–H groups in total. The number of furan rings is 1. The summed E-state index contributed by atoms with van der Waals surface area (Å²) in [5, 5.41) is 3.19. The van der Waals surface area contributed by atoms with Crippen molar-refractivity contribution in [2.75, 3.05) is 0 Å². The first-order valence-corrected chi connectivity index (χ1v) is 14.7. The molecule has 1 aliphatic rings. The molecule has 1 unspecified atom stereocenters. The summed E-state index contributed by atoms with van der Waals surface area (Å²) in [6, 6.07) is 49.0. The summed E-state index contributed by atoms with van der Waals surface area (Å²) < 4.78 is 6.26. The molecule has 202 valence electrons. The Morgan fingerprint density at radius 1 is 0.512 bits per heavy atom. The lowest BCUT2D eigenvalue weighted by molar-refractivity contribution is 0.669. The van der Waals surface area contributed by atoms with E-state index in [4.69, 9.17) is 14.4 Å². The molecule has 2 heterocycles. The highest BCUT2D eigenvalue weighted by molar-refractivity contribution is 6.14. The molecule has 43 heavy (non-hydrogen) atoms. The Morgan fingerprint density at radius 2 is 1.16 bits per heavy atom. The summed E-state index contributed by atoms with van der Waals surface area (Å²) in [4.78, 5) is 10.6. The quantitative estimate of drug-likeness (QED) is 0.220. The van der Waals surface area contributed by atoms with Crippen molar-refractivity contribution in [1.82, 2.24) is 9.97 Å². The first-order chi connectivity index (χ1) is 21.2. The molecule has 3 nitrogen and oxygen atoms in total. The molecule has 6 aromatic carbocycles. The smallest absolute Gasteiger partial charge is 0.161 e. The fourth-order valence-electron chi connectivity index (χ4n) is 7.18. The Kier molecular flexibility index (Phi) is 5.03. The number of aromatic nitrogens is 2. The van der Waals surface area contributed by atoms with Gasteiger partial charge in [0.2, 0.25) is 0 Å². The van der Waals surface area contributed by atoms with Crippen LogP contribution in [-0.4, -0.2) is 9.97 Å². The molecule has 0 aliphatic heterocycles. The van der Waals surface area contributed by atoms with Gasteiger partial charge in [0.05, 0.1) is 11.2 Å². The van der Waals surface area contributed by atoms with Crippen LogP contribution in [0.4, 0.5) is 0 Å². The fourth-order valence-corrected chi connectivity index (χ4v) is 7.18. The second-order valence-corrected chi connectivity index (χ2v) is 11.5. The number of fused-ring (bicyclic) bond motifs is 7. The van der Waals surface area contributed by atoms with Gasteiger partial charge in [-0.15, -0.1) is 0 Å². The topological polar surface area (TPSA) is 38.9 Å². The fraction of sp³-hybridized carbons (Fsp3) is 0.0500. The van der Waals surface area contributed by atoms with Crippen LogP contribution in [0.2, 0.25) is 0 Å². The molecular weight excluding hydrogens is 524 g/mol. The summed E-state index contributed by atoms with van der Waals surface area (Å²) in [6.45, 7) is 2.34. The van der Waals surface area contributed by atoms with E-state index in [2.05, 4.69) is 122 Å². The highest BCUT2D eigenvalue weighted by atomic mass is 16.3. The third-order valence-electron chi connectivity index (χ3n) is 9.19. The second-order valence-electron chi connectivity index (χ2n) is 11.5. The summed E-state index contributed by atoms with van der Waals surface area (Å²) in [7, 11) is 0. The Morgan fingerprint density at radius 3 is 2.07 bits per heavy atom. The average molecular weight is 551 g/mol. The van der Waals surface area contributed by atoms with Crippen LogP contribution in [0, 0.1) is 0 Å². The molecular formula is C40H26N2O. The number of para-hydroxylation sites is 2. The number of hydrogen-bond acceptors (Lipinski definition) is 3. The van der Waals surface area contributed by atoms with E-state index in [0.29, 0.717) is 0 Å². The first kappa shape index (κ1) is 24.1. The minimum absolute atomic E-state index is 0.288. The van der Waals surface area contributed by atoms with Gasteiger partial charge in [0.25, 0.3) is 0 Å². The van der Waals surface area contributed by atoms with Crippen LogP contribution in [0.1, 0.15) is 23.6 Å². The van der Waals surface area contributed by atoms with Gasteiger partial charge in [-0.3, -0.25) is 0 Å². The van der Waals surface area contributed by atoms with Crippen molar-refractivity contribution in [3.8, 4) is 33.8 Å². The molecule has 0 spiro atoms. The van der Waals surface area contributed by atoms with Gasteiger partial charge in [-0.25, -0.2) is 9.97 Å². The number of rotatable bonds is 3. The normalized spacial score (nSPS) is 15.7. The van der Waals surface area contributed by atoms with Crippen LogP contribution in [0.25, 0.3) is 66.6 Å². The standard InChI is InChI=1S/C40H26N2O/c1-40(25-13-3-2-4-14-25)31-20-8-5-15-26(31)36-30(19-11-21-32(36)40)39-41-33-22-9-6-16-27(33)38(42-39)29-18-12-24-35-37(29)28-17-7-10-23-34(28)43-35/h2-24H,1H3. The predicted octanol–water partition coefficient (Wildman–Crippen LogP) is 10.2. The summed E-state index contributed by atoms with van der Waals surface area (Å²) >= 11 is 0. The van der Waals surface area contributed by atoms with Gasteiger partial charge in [0.1, 0.15) is 11.2 Å². The Balaban J connectivity index is 1.35. The minimum atomic E-state index is -0.288. The highest BCUT2D eigenvalue weighted by Gasteiger charge is 2.42. The molecule has 3 heteroatoms. The van der Waals surface area contributed by atoms with E-state index >= 15 is 0 Å². The summed E-state index contributed by atoms with van der Waals surface area (Å²) in [6.07, 6.45) is 0. The SMILES string of the molecule is CC1(c2ccccc2)c2ccccc2-c2c(-c3nc(-c4cccc5oc6ccccc6c45)c4ccccc4n3)cccc21. The number of benzene rings is 6. The maximum Gasteiger partial charge on any atom is 0.161 e. The van der Waals surface area contributed by atoms with E-state index in [1.165, 1.54) is 27.8 Å². The molecule has 2 aromatic heterocycles. The van der Waals surface area contributed by atoms with E-state index in [1.54, 1.807) is 0 Å². The van der Waals surface area contributed by atoms with E-state index in [9.17, 15) is 0 Å². The maximum atomic E-state index is 6.26. The van der Waals surface area contributed by atoms with Crippen molar-refractivity contribution in [2.24, 2.45) is 0 Å². The van der Waals surface area contributed by atoms with Crippen LogP contribution < -0.4 is 0 Å². The lowest BCUT2D eigenvalue weighted by atomic mass is 9.74. The predicted molar refractivity (Wildman–Crippen MR) is 175 cm³/mol. The van der Waals surface area contributed by atoms with E-state index in [1.807, 2.05) is 24.3 Å². The second kappa shape index (κ2) is 8.98. The van der Waals surface area contributed by atoms with Crippen molar-refractivity contribution >= 4 is 32.8 Å². The monoisotopic (exact) mass is 550 g/mol.